The van der Waals surface area contributed by atoms with Gasteiger partial charge in [-0.2, -0.15) is 0 Å². The van der Waals surface area contributed by atoms with Gasteiger partial charge in [0.15, 0.2) is 0 Å². The molecule has 2 amide bonds. The number of carbonyl (C=O) groups excluding carboxylic acids is 1. The topological polar surface area (TPSA) is 134 Å². The number of rotatable bonds is 10. The number of amides is 2. The second-order valence-corrected chi connectivity index (χ2v) is 3.49. The molecule has 0 saturated heterocycles. The Bertz CT molecular complexity index is 308. The fourth-order valence-corrected chi connectivity index (χ4v) is 1.07. The lowest BCUT2D eigenvalue weighted by Crippen LogP contribution is -2.47. The maximum absolute atomic E-state index is 11.3. The molecule has 0 unspecified atom stereocenters. The molecule has 0 spiro atoms. The zero-order valence-corrected chi connectivity index (χ0v) is 10.5. The quantitative estimate of drug-likeness (QED) is 0.372. The molecular formula is C10H18N2O7. The average molecular weight is 278 g/mol. The molecule has 0 fully saturated rings. The summed E-state index contributed by atoms with van der Waals surface area (Å²) >= 11 is 0. The van der Waals surface area contributed by atoms with Gasteiger partial charge in [0.25, 0.3) is 0 Å². The fraction of sp³-hybridized carbons (Fsp3) is 0.700. The third-order valence-electron chi connectivity index (χ3n) is 1.95. The molecule has 0 heterocycles. The van der Waals surface area contributed by atoms with Crippen LogP contribution in [0.5, 0.6) is 0 Å². The van der Waals surface area contributed by atoms with Crippen molar-refractivity contribution in [2.45, 2.75) is 12.5 Å². The lowest BCUT2D eigenvalue weighted by atomic mass is 10.2. The third-order valence-corrected chi connectivity index (χ3v) is 1.95. The van der Waals surface area contributed by atoms with Crippen molar-refractivity contribution in [2.24, 2.45) is 0 Å². The van der Waals surface area contributed by atoms with Crippen molar-refractivity contribution < 1.29 is 34.1 Å². The van der Waals surface area contributed by atoms with Crippen molar-refractivity contribution in [3.05, 3.63) is 0 Å². The van der Waals surface area contributed by atoms with Gasteiger partial charge in [0.05, 0.1) is 26.2 Å². The standard InChI is InChI=1S/C10H18N2O7/c1-18-4-5-19-3-2-11-10(17)12-7(9(15)16)6-8(13)14/h7H,2-6H2,1H3,(H,13,14)(H,15,16)(H2,11,12,17)/t7-/m1/s1. The summed E-state index contributed by atoms with van der Waals surface area (Å²) in [5, 5.41) is 21.6. The number of carbonyl (C=O) groups is 3. The van der Waals surface area contributed by atoms with Gasteiger partial charge in [0, 0.05) is 13.7 Å². The highest BCUT2D eigenvalue weighted by atomic mass is 16.5. The van der Waals surface area contributed by atoms with Crippen LogP contribution < -0.4 is 10.6 Å². The second-order valence-electron chi connectivity index (χ2n) is 3.49. The zero-order chi connectivity index (χ0) is 14.7. The molecule has 4 N–H and O–H groups in total. The molecule has 9 heteroatoms. The van der Waals surface area contributed by atoms with Crippen LogP contribution in [0, 0.1) is 0 Å². The van der Waals surface area contributed by atoms with Gasteiger partial charge in [-0.1, -0.05) is 0 Å². The van der Waals surface area contributed by atoms with E-state index in [0.29, 0.717) is 13.2 Å². The largest absolute Gasteiger partial charge is 0.481 e. The van der Waals surface area contributed by atoms with Crippen molar-refractivity contribution in [3.63, 3.8) is 0 Å². The van der Waals surface area contributed by atoms with Gasteiger partial charge < -0.3 is 30.3 Å². The third kappa shape index (κ3) is 9.80. The first kappa shape index (κ1) is 17.1. The van der Waals surface area contributed by atoms with E-state index in [-0.39, 0.29) is 13.2 Å². The minimum atomic E-state index is -1.47. The van der Waals surface area contributed by atoms with Gasteiger partial charge >= 0.3 is 18.0 Å². The summed E-state index contributed by atoms with van der Waals surface area (Å²) in [6.45, 7) is 1.24. The van der Waals surface area contributed by atoms with Crippen LogP contribution in [0.3, 0.4) is 0 Å². The summed E-state index contributed by atoms with van der Waals surface area (Å²) in [5.41, 5.74) is 0. The molecule has 0 aliphatic rings. The molecule has 110 valence electrons. The van der Waals surface area contributed by atoms with Gasteiger partial charge in [-0.05, 0) is 0 Å². The van der Waals surface area contributed by atoms with E-state index in [9.17, 15) is 14.4 Å². The van der Waals surface area contributed by atoms with Crippen molar-refractivity contribution in [1.82, 2.24) is 10.6 Å². The Labute approximate surface area is 109 Å². The molecule has 19 heavy (non-hydrogen) atoms. The summed E-state index contributed by atoms with van der Waals surface area (Å²) in [5.74, 6) is -2.72. The summed E-state index contributed by atoms with van der Waals surface area (Å²) in [4.78, 5) is 32.3. The van der Waals surface area contributed by atoms with Crippen molar-refractivity contribution in [2.75, 3.05) is 33.5 Å². The van der Waals surface area contributed by atoms with Crippen molar-refractivity contribution in [3.8, 4) is 0 Å². The number of hydrogen-bond acceptors (Lipinski definition) is 5. The zero-order valence-electron chi connectivity index (χ0n) is 10.5. The Hall–Kier alpha value is -1.87. The van der Waals surface area contributed by atoms with Crippen LogP contribution in [0.25, 0.3) is 0 Å². The smallest absolute Gasteiger partial charge is 0.326 e. The molecule has 0 aromatic heterocycles. The highest BCUT2D eigenvalue weighted by Gasteiger charge is 2.22. The van der Waals surface area contributed by atoms with E-state index in [0.717, 1.165) is 0 Å². The van der Waals surface area contributed by atoms with Gasteiger partial charge in [0.1, 0.15) is 6.04 Å². The second kappa shape index (κ2) is 10.1. The Morgan fingerprint density at radius 1 is 1.16 bits per heavy atom. The van der Waals surface area contributed by atoms with Crippen LogP contribution in [0.1, 0.15) is 6.42 Å². The lowest BCUT2D eigenvalue weighted by Gasteiger charge is -2.13. The van der Waals surface area contributed by atoms with Crippen LogP contribution in [0.15, 0.2) is 0 Å². The van der Waals surface area contributed by atoms with Crippen LogP contribution in [0.2, 0.25) is 0 Å². The molecule has 0 aliphatic heterocycles. The molecule has 1 atom stereocenters. The molecule has 0 radical (unpaired) electrons. The van der Waals surface area contributed by atoms with Crippen LogP contribution in [-0.4, -0.2) is 67.7 Å². The minimum Gasteiger partial charge on any atom is -0.481 e. The van der Waals surface area contributed by atoms with Crippen molar-refractivity contribution in [1.29, 1.82) is 0 Å². The van der Waals surface area contributed by atoms with Gasteiger partial charge in [0.2, 0.25) is 0 Å². The number of carboxylic acid groups (broad SMARTS) is 2. The van der Waals surface area contributed by atoms with Crippen LogP contribution in [-0.2, 0) is 19.1 Å². The number of aliphatic carboxylic acids is 2. The Morgan fingerprint density at radius 2 is 1.84 bits per heavy atom. The molecular weight excluding hydrogens is 260 g/mol. The molecule has 0 saturated carbocycles. The Morgan fingerprint density at radius 3 is 2.37 bits per heavy atom. The highest BCUT2D eigenvalue weighted by Crippen LogP contribution is 1.92. The predicted molar refractivity (Wildman–Crippen MR) is 62.9 cm³/mol. The maximum atomic E-state index is 11.3. The molecule has 0 bridgehead atoms. The summed E-state index contributed by atoms with van der Waals surface area (Å²) < 4.78 is 9.80. The SMILES string of the molecule is COCCOCCNC(=O)N[C@H](CC(=O)O)C(=O)O. The number of methoxy groups -OCH3 is 1. The molecule has 0 aromatic rings. The number of nitrogens with one attached hydrogen (secondary N) is 2. The van der Waals surface area contributed by atoms with Gasteiger partial charge in [-0.3, -0.25) is 4.79 Å². The number of urea groups is 1. The summed E-state index contributed by atoms with van der Waals surface area (Å²) in [7, 11) is 1.53. The summed E-state index contributed by atoms with van der Waals surface area (Å²) in [6, 6.07) is -2.23. The van der Waals surface area contributed by atoms with Gasteiger partial charge in [-0.15, -0.1) is 0 Å². The number of carboxylic acids is 2. The maximum Gasteiger partial charge on any atom is 0.326 e. The summed E-state index contributed by atoms with van der Waals surface area (Å²) in [6.07, 6.45) is -0.687. The van der Waals surface area contributed by atoms with E-state index in [1.807, 2.05) is 5.32 Å². The van der Waals surface area contributed by atoms with E-state index >= 15 is 0 Å². The molecule has 0 aliphatic carbocycles. The Kier molecular flexibility index (Phi) is 9.10. The Balaban J connectivity index is 3.81. The first-order chi connectivity index (χ1) is 8.97. The molecule has 9 nitrogen and oxygen atoms in total. The molecule has 0 aromatic carbocycles. The van der Waals surface area contributed by atoms with Crippen molar-refractivity contribution >= 4 is 18.0 Å². The van der Waals surface area contributed by atoms with Crippen LogP contribution >= 0.6 is 0 Å². The monoisotopic (exact) mass is 278 g/mol. The highest BCUT2D eigenvalue weighted by molar-refractivity contribution is 5.86. The van der Waals surface area contributed by atoms with E-state index in [2.05, 4.69) is 5.32 Å². The lowest BCUT2D eigenvalue weighted by molar-refractivity contribution is -0.145. The number of hydrogen-bond donors (Lipinski definition) is 4. The number of ether oxygens (including phenoxy) is 2. The first-order valence-electron chi connectivity index (χ1n) is 5.53. The fourth-order valence-electron chi connectivity index (χ4n) is 1.07. The first-order valence-corrected chi connectivity index (χ1v) is 5.53. The van der Waals surface area contributed by atoms with E-state index in [1.54, 1.807) is 0 Å². The van der Waals surface area contributed by atoms with E-state index in [4.69, 9.17) is 19.7 Å². The van der Waals surface area contributed by atoms with Gasteiger partial charge in [-0.25, -0.2) is 9.59 Å². The van der Waals surface area contributed by atoms with E-state index in [1.165, 1.54) is 7.11 Å². The predicted octanol–water partition coefficient (Wildman–Crippen LogP) is -1.12. The minimum absolute atomic E-state index is 0.176. The van der Waals surface area contributed by atoms with E-state index < -0.39 is 30.4 Å². The molecule has 0 rings (SSSR count). The average Bonchev–Trinajstić information content (AvgIpc) is 2.32. The normalized spacial score (nSPS) is 11.6. The van der Waals surface area contributed by atoms with Crippen LogP contribution in [0.4, 0.5) is 4.79 Å².